The summed E-state index contributed by atoms with van der Waals surface area (Å²) in [7, 11) is 0. The topological polar surface area (TPSA) is 105 Å². The van der Waals surface area contributed by atoms with Crippen LogP contribution in [0.2, 0.25) is 0 Å². The number of hydrogen-bond acceptors (Lipinski definition) is 8. The van der Waals surface area contributed by atoms with Gasteiger partial charge in [0.1, 0.15) is 23.2 Å². The van der Waals surface area contributed by atoms with Gasteiger partial charge in [-0.25, -0.2) is 9.97 Å². The second kappa shape index (κ2) is 9.78. The van der Waals surface area contributed by atoms with Crippen molar-refractivity contribution in [2.24, 2.45) is 0 Å². The molecule has 1 aromatic carbocycles. The molecule has 3 heterocycles. The van der Waals surface area contributed by atoms with E-state index in [4.69, 9.17) is 9.26 Å². The molecule has 2 N–H and O–H groups in total. The summed E-state index contributed by atoms with van der Waals surface area (Å²) in [5, 5.41) is 10.2. The minimum absolute atomic E-state index is 0.0488. The van der Waals surface area contributed by atoms with Gasteiger partial charge in [0.05, 0.1) is 18.9 Å². The van der Waals surface area contributed by atoms with Gasteiger partial charge in [-0.1, -0.05) is 5.16 Å². The molecule has 0 saturated carbocycles. The average molecular weight is 437 g/mol. The van der Waals surface area contributed by atoms with Crippen LogP contribution >= 0.6 is 0 Å². The molecule has 9 heteroatoms. The van der Waals surface area contributed by atoms with Crippen molar-refractivity contribution in [1.29, 1.82) is 0 Å². The van der Waals surface area contributed by atoms with E-state index in [2.05, 4.69) is 30.7 Å². The smallest absolute Gasteiger partial charge is 0.224 e. The quantitative estimate of drug-likeness (QED) is 0.579. The number of carbonyl (C=O) groups is 1. The summed E-state index contributed by atoms with van der Waals surface area (Å²) in [6, 6.07) is 9.51. The molecule has 0 aliphatic carbocycles. The van der Waals surface area contributed by atoms with Gasteiger partial charge in [0.15, 0.2) is 0 Å². The number of nitrogens with zero attached hydrogens (tertiary/aromatic N) is 4. The molecule has 4 rings (SSSR count). The number of nitrogens with one attached hydrogen (secondary N) is 2. The Kier molecular flexibility index (Phi) is 6.65. The van der Waals surface area contributed by atoms with Gasteiger partial charge in [-0.2, -0.15) is 0 Å². The van der Waals surface area contributed by atoms with Gasteiger partial charge < -0.3 is 24.8 Å². The normalized spacial score (nSPS) is 13.8. The molecule has 168 valence electrons. The zero-order valence-corrected chi connectivity index (χ0v) is 18.6. The van der Waals surface area contributed by atoms with Gasteiger partial charge >= 0.3 is 0 Å². The van der Waals surface area contributed by atoms with E-state index < -0.39 is 0 Å². The van der Waals surface area contributed by atoms with Crippen LogP contribution < -0.4 is 15.5 Å². The summed E-state index contributed by atoms with van der Waals surface area (Å²) in [5.74, 6) is 3.05. The number of benzene rings is 1. The Hall–Kier alpha value is -3.46. The second-order valence-electron chi connectivity index (χ2n) is 7.81. The Balaban J connectivity index is 1.34. The fourth-order valence-corrected chi connectivity index (χ4v) is 3.68. The van der Waals surface area contributed by atoms with Crippen LogP contribution in [0.3, 0.4) is 0 Å². The van der Waals surface area contributed by atoms with Gasteiger partial charge in [-0.05, 0) is 51.5 Å². The number of anilines is 4. The zero-order valence-electron chi connectivity index (χ0n) is 18.6. The number of hydrogen-bond donors (Lipinski definition) is 2. The summed E-state index contributed by atoms with van der Waals surface area (Å²) in [5.41, 5.74) is 3.45. The van der Waals surface area contributed by atoms with E-state index in [1.807, 2.05) is 51.1 Å². The number of amides is 1. The van der Waals surface area contributed by atoms with Gasteiger partial charge in [-0.15, -0.1) is 0 Å². The average Bonchev–Trinajstić information content (AvgIpc) is 3.11. The number of aryl methyl sites for hydroxylation is 3. The predicted molar refractivity (Wildman–Crippen MR) is 122 cm³/mol. The number of rotatable bonds is 7. The maximum absolute atomic E-state index is 12.3. The first-order valence-corrected chi connectivity index (χ1v) is 10.7. The highest BCUT2D eigenvalue weighted by Gasteiger charge is 2.14. The second-order valence-corrected chi connectivity index (χ2v) is 7.81. The molecule has 9 nitrogen and oxygen atoms in total. The molecule has 0 bridgehead atoms. The first-order valence-electron chi connectivity index (χ1n) is 10.7. The third kappa shape index (κ3) is 5.42. The molecule has 1 aliphatic heterocycles. The SMILES string of the molecule is Cc1nc(Nc2ccc(NC(=O)CCc3c(C)noc3C)cc2)cc(N2CCOCC2)n1. The van der Waals surface area contributed by atoms with Crippen molar-refractivity contribution in [3.8, 4) is 0 Å². The molecule has 1 amide bonds. The monoisotopic (exact) mass is 436 g/mol. The molecule has 3 aromatic rings. The van der Waals surface area contributed by atoms with E-state index in [1.54, 1.807) is 0 Å². The molecular formula is C23H28N6O3. The molecule has 1 fully saturated rings. The molecule has 0 radical (unpaired) electrons. The Bertz CT molecular complexity index is 1050. The van der Waals surface area contributed by atoms with Crippen LogP contribution in [0.5, 0.6) is 0 Å². The zero-order chi connectivity index (χ0) is 22.5. The Morgan fingerprint density at radius 2 is 1.78 bits per heavy atom. The Labute approximate surface area is 187 Å². The van der Waals surface area contributed by atoms with Gasteiger partial charge in [0, 0.05) is 42.5 Å². The molecular weight excluding hydrogens is 408 g/mol. The van der Waals surface area contributed by atoms with Crippen molar-refractivity contribution in [1.82, 2.24) is 15.1 Å². The fraction of sp³-hybridized carbons (Fsp3) is 0.391. The third-order valence-electron chi connectivity index (χ3n) is 5.38. The number of ether oxygens (including phenoxy) is 1. The standard InChI is InChI=1S/C23H28N6O3/c1-15-20(16(2)32-28-15)8-9-23(30)27-19-6-4-18(5-7-19)26-21-14-22(25-17(3)24-21)29-10-12-31-13-11-29/h4-7,14H,8-13H2,1-3H3,(H,27,30)(H,24,25,26). The van der Waals surface area contributed by atoms with Gasteiger partial charge in [0.25, 0.3) is 0 Å². The summed E-state index contributed by atoms with van der Waals surface area (Å²) < 4.78 is 10.6. The van der Waals surface area contributed by atoms with Gasteiger partial charge in [-0.3, -0.25) is 4.79 Å². The lowest BCUT2D eigenvalue weighted by molar-refractivity contribution is -0.116. The minimum Gasteiger partial charge on any atom is -0.378 e. The number of morpholine rings is 1. The van der Waals surface area contributed by atoms with E-state index in [1.165, 1.54) is 0 Å². The lowest BCUT2D eigenvalue weighted by atomic mass is 10.1. The van der Waals surface area contributed by atoms with E-state index in [-0.39, 0.29) is 5.91 Å². The summed E-state index contributed by atoms with van der Waals surface area (Å²) in [6.45, 7) is 8.69. The lowest BCUT2D eigenvalue weighted by Crippen LogP contribution is -2.36. The van der Waals surface area contributed by atoms with Crippen molar-refractivity contribution >= 4 is 28.9 Å². The van der Waals surface area contributed by atoms with Crippen molar-refractivity contribution < 1.29 is 14.1 Å². The van der Waals surface area contributed by atoms with Crippen LogP contribution in [0.25, 0.3) is 0 Å². The van der Waals surface area contributed by atoms with Crippen LogP contribution in [0.15, 0.2) is 34.9 Å². The van der Waals surface area contributed by atoms with Crippen molar-refractivity contribution in [3.63, 3.8) is 0 Å². The van der Waals surface area contributed by atoms with Crippen molar-refractivity contribution in [2.75, 3.05) is 41.8 Å². The molecule has 32 heavy (non-hydrogen) atoms. The van der Waals surface area contributed by atoms with Crippen molar-refractivity contribution in [2.45, 2.75) is 33.6 Å². The highest BCUT2D eigenvalue weighted by molar-refractivity contribution is 5.91. The molecule has 0 unspecified atom stereocenters. The maximum Gasteiger partial charge on any atom is 0.224 e. The van der Waals surface area contributed by atoms with E-state index in [0.29, 0.717) is 31.9 Å². The van der Waals surface area contributed by atoms with Crippen LogP contribution in [0, 0.1) is 20.8 Å². The molecule has 0 atom stereocenters. The van der Waals surface area contributed by atoms with Crippen LogP contribution in [-0.4, -0.2) is 47.3 Å². The summed E-state index contributed by atoms with van der Waals surface area (Å²) in [6.07, 6.45) is 0.971. The van der Waals surface area contributed by atoms with E-state index >= 15 is 0 Å². The highest BCUT2D eigenvalue weighted by Crippen LogP contribution is 2.22. The van der Waals surface area contributed by atoms with E-state index in [9.17, 15) is 4.79 Å². The fourth-order valence-electron chi connectivity index (χ4n) is 3.68. The minimum atomic E-state index is -0.0488. The van der Waals surface area contributed by atoms with Crippen LogP contribution in [-0.2, 0) is 16.0 Å². The molecule has 1 saturated heterocycles. The molecule has 2 aromatic heterocycles. The van der Waals surface area contributed by atoms with Crippen molar-refractivity contribution in [3.05, 3.63) is 53.2 Å². The third-order valence-corrected chi connectivity index (χ3v) is 5.38. The van der Waals surface area contributed by atoms with Gasteiger partial charge in [0.2, 0.25) is 5.91 Å². The predicted octanol–water partition coefficient (Wildman–Crippen LogP) is 3.54. The lowest BCUT2D eigenvalue weighted by Gasteiger charge is -2.28. The highest BCUT2D eigenvalue weighted by atomic mass is 16.5. The van der Waals surface area contributed by atoms with Crippen LogP contribution in [0.1, 0.15) is 29.3 Å². The number of aromatic nitrogens is 3. The summed E-state index contributed by atoms with van der Waals surface area (Å²) in [4.78, 5) is 23.6. The van der Waals surface area contributed by atoms with E-state index in [0.717, 1.165) is 53.1 Å². The number of carbonyl (C=O) groups excluding carboxylic acids is 1. The Morgan fingerprint density at radius 1 is 1.06 bits per heavy atom. The summed E-state index contributed by atoms with van der Waals surface area (Å²) >= 11 is 0. The first-order chi connectivity index (χ1) is 15.5. The Morgan fingerprint density at radius 3 is 2.47 bits per heavy atom. The molecule has 1 aliphatic rings. The molecule has 0 spiro atoms. The largest absolute Gasteiger partial charge is 0.378 e. The van der Waals surface area contributed by atoms with Crippen LogP contribution in [0.4, 0.5) is 23.0 Å². The first kappa shape index (κ1) is 21.8. The maximum atomic E-state index is 12.3.